The lowest BCUT2D eigenvalue weighted by atomic mass is 10.1. The lowest BCUT2D eigenvalue weighted by molar-refractivity contribution is -0.143. The minimum atomic E-state index is -0.318. The molecule has 0 atom stereocenters. The average molecular weight is 448 g/mol. The lowest BCUT2D eigenvalue weighted by Gasteiger charge is -2.24. The number of carbonyl (C=O) groups is 2. The van der Waals surface area contributed by atoms with Gasteiger partial charge in [0.15, 0.2) is 0 Å². The predicted octanol–water partition coefficient (Wildman–Crippen LogP) is 4.83. The molecule has 2 rings (SSSR count). The second kappa shape index (κ2) is 10.9. The Morgan fingerprint density at radius 1 is 1.11 bits per heavy atom. The molecule has 1 amide bonds. The molecule has 0 bridgehead atoms. The first-order valence-corrected chi connectivity index (χ1v) is 10.1. The van der Waals surface area contributed by atoms with Crippen molar-refractivity contribution in [1.82, 2.24) is 4.90 Å². The van der Waals surface area contributed by atoms with Crippen LogP contribution in [0.15, 0.2) is 53.0 Å². The maximum atomic E-state index is 13.3. The molecule has 0 fully saturated rings. The van der Waals surface area contributed by atoms with Crippen LogP contribution in [0.2, 0.25) is 0 Å². The Balaban J connectivity index is 2.29. The third-order valence-corrected chi connectivity index (χ3v) is 4.42. The normalized spacial score (nSPS) is 10.6. The van der Waals surface area contributed by atoms with E-state index >= 15 is 0 Å². The van der Waals surface area contributed by atoms with Crippen molar-refractivity contribution in [1.29, 1.82) is 0 Å². The number of halogens is 1. The van der Waals surface area contributed by atoms with Crippen LogP contribution < -0.4 is 4.74 Å². The van der Waals surface area contributed by atoms with Crippen LogP contribution in [0.1, 0.15) is 43.1 Å². The molecular weight excluding hydrogens is 422 g/mol. The summed E-state index contributed by atoms with van der Waals surface area (Å²) in [6.07, 6.45) is 0.0793. The molecule has 0 radical (unpaired) electrons. The maximum absolute atomic E-state index is 13.3. The number of hydrogen-bond donors (Lipinski definition) is 0. The molecule has 0 saturated carbocycles. The van der Waals surface area contributed by atoms with E-state index in [0.29, 0.717) is 24.5 Å². The van der Waals surface area contributed by atoms with Gasteiger partial charge >= 0.3 is 5.97 Å². The average Bonchev–Trinajstić information content (AvgIpc) is 2.66. The first kappa shape index (κ1) is 22.0. The van der Waals surface area contributed by atoms with Gasteiger partial charge < -0.3 is 14.4 Å². The molecule has 0 aliphatic carbocycles. The minimum Gasteiger partial charge on any atom is -0.490 e. The molecular formula is C22H26BrNO4. The summed E-state index contributed by atoms with van der Waals surface area (Å²) in [5.74, 6) is 0.0174. The van der Waals surface area contributed by atoms with Crippen LogP contribution in [-0.4, -0.2) is 36.0 Å². The SMILES string of the molecule is CCOC(=O)CCN(Cc1ccccc1)C(=O)c1cc(Br)ccc1OC(C)C. The molecule has 2 aromatic carbocycles. The highest BCUT2D eigenvalue weighted by atomic mass is 79.9. The van der Waals surface area contributed by atoms with E-state index in [4.69, 9.17) is 9.47 Å². The molecule has 2 aromatic rings. The molecule has 0 aromatic heterocycles. The highest BCUT2D eigenvalue weighted by molar-refractivity contribution is 9.10. The zero-order chi connectivity index (χ0) is 20.5. The predicted molar refractivity (Wildman–Crippen MR) is 112 cm³/mol. The Kier molecular flexibility index (Phi) is 8.51. The summed E-state index contributed by atoms with van der Waals surface area (Å²) in [6.45, 7) is 6.58. The van der Waals surface area contributed by atoms with Crippen molar-refractivity contribution < 1.29 is 19.1 Å². The van der Waals surface area contributed by atoms with Gasteiger partial charge in [-0.1, -0.05) is 46.3 Å². The summed E-state index contributed by atoms with van der Waals surface area (Å²) in [7, 11) is 0. The van der Waals surface area contributed by atoms with E-state index in [1.165, 1.54) is 0 Å². The molecule has 0 heterocycles. The van der Waals surface area contributed by atoms with Gasteiger partial charge in [0.05, 0.1) is 24.7 Å². The number of carbonyl (C=O) groups excluding carboxylic acids is 2. The van der Waals surface area contributed by atoms with E-state index in [1.54, 1.807) is 24.0 Å². The van der Waals surface area contributed by atoms with Gasteiger partial charge in [0, 0.05) is 17.6 Å². The van der Waals surface area contributed by atoms with Crippen molar-refractivity contribution in [3.8, 4) is 5.75 Å². The van der Waals surface area contributed by atoms with Gasteiger partial charge in [-0.3, -0.25) is 9.59 Å². The van der Waals surface area contributed by atoms with Crippen molar-refractivity contribution in [2.24, 2.45) is 0 Å². The summed E-state index contributed by atoms with van der Waals surface area (Å²) in [6, 6.07) is 15.1. The summed E-state index contributed by atoms with van der Waals surface area (Å²) < 4.78 is 11.6. The summed E-state index contributed by atoms with van der Waals surface area (Å²) >= 11 is 3.43. The fourth-order valence-corrected chi connectivity index (χ4v) is 3.07. The van der Waals surface area contributed by atoms with Crippen LogP contribution in [0.3, 0.4) is 0 Å². The van der Waals surface area contributed by atoms with Crippen molar-refractivity contribution >= 4 is 27.8 Å². The number of esters is 1. The Labute approximate surface area is 174 Å². The third-order valence-electron chi connectivity index (χ3n) is 3.93. The highest BCUT2D eigenvalue weighted by Crippen LogP contribution is 2.26. The fourth-order valence-electron chi connectivity index (χ4n) is 2.71. The number of rotatable bonds is 9. The first-order valence-electron chi connectivity index (χ1n) is 9.35. The molecule has 0 aliphatic rings. The number of benzene rings is 2. The molecule has 0 unspecified atom stereocenters. The second-order valence-electron chi connectivity index (χ2n) is 6.57. The summed E-state index contributed by atoms with van der Waals surface area (Å²) in [5, 5.41) is 0. The highest BCUT2D eigenvalue weighted by Gasteiger charge is 2.22. The molecule has 0 aliphatic heterocycles. The third kappa shape index (κ3) is 6.68. The van der Waals surface area contributed by atoms with Crippen LogP contribution in [-0.2, 0) is 16.1 Å². The van der Waals surface area contributed by atoms with Crippen molar-refractivity contribution in [2.75, 3.05) is 13.2 Å². The second-order valence-corrected chi connectivity index (χ2v) is 7.49. The summed E-state index contributed by atoms with van der Waals surface area (Å²) in [5.41, 5.74) is 1.45. The van der Waals surface area contributed by atoms with E-state index in [9.17, 15) is 9.59 Å². The van der Waals surface area contributed by atoms with Crippen LogP contribution >= 0.6 is 15.9 Å². The zero-order valence-electron chi connectivity index (χ0n) is 16.5. The fraction of sp³-hybridized carbons (Fsp3) is 0.364. The maximum Gasteiger partial charge on any atom is 0.307 e. The van der Waals surface area contributed by atoms with E-state index in [2.05, 4.69) is 15.9 Å². The Hall–Kier alpha value is -2.34. The van der Waals surface area contributed by atoms with Gasteiger partial charge in [-0.05, 0) is 44.5 Å². The van der Waals surface area contributed by atoms with Crippen LogP contribution in [0.5, 0.6) is 5.75 Å². The van der Waals surface area contributed by atoms with Gasteiger partial charge in [-0.25, -0.2) is 0 Å². The van der Waals surface area contributed by atoms with E-state index in [1.807, 2.05) is 50.2 Å². The Bertz CT molecular complexity index is 792. The molecule has 28 heavy (non-hydrogen) atoms. The molecule has 150 valence electrons. The van der Waals surface area contributed by atoms with Crippen molar-refractivity contribution in [2.45, 2.75) is 39.8 Å². The molecule has 6 heteroatoms. The molecule has 0 saturated heterocycles. The monoisotopic (exact) mass is 447 g/mol. The van der Waals surface area contributed by atoms with Crippen LogP contribution in [0.4, 0.5) is 0 Å². The smallest absolute Gasteiger partial charge is 0.307 e. The lowest BCUT2D eigenvalue weighted by Crippen LogP contribution is -2.33. The molecule has 5 nitrogen and oxygen atoms in total. The van der Waals surface area contributed by atoms with Crippen LogP contribution in [0, 0.1) is 0 Å². The number of amides is 1. The van der Waals surface area contributed by atoms with E-state index in [0.717, 1.165) is 10.0 Å². The number of nitrogens with zero attached hydrogens (tertiary/aromatic N) is 1. The van der Waals surface area contributed by atoms with Crippen molar-refractivity contribution in [3.63, 3.8) is 0 Å². The zero-order valence-corrected chi connectivity index (χ0v) is 18.1. The molecule has 0 N–H and O–H groups in total. The van der Waals surface area contributed by atoms with Gasteiger partial charge in [0.25, 0.3) is 5.91 Å². The number of ether oxygens (including phenoxy) is 2. The van der Waals surface area contributed by atoms with Crippen molar-refractivity contribution in [3.05, 3.63) is 64.1 Å². The molecule has 0 spiro atoms. The Morgan fingerprint density at radius 2 is 1.82 bits per heavy atom. The van der Waals surface area contributed by atoms with Gasteiger partial charge in [-0.2, -0.15) is 0 Å². The quantitative estimate of drug-likeness (QED) is 0.516. The topological polar surface area (TPSA) is 55.8 Å². The van der Waals surface area contributed by atoms with Gasteiger partial charge in [0.1, 0.15) is 5.75 Å². The number of hydrogen-bond acceptors (Lipinski definition) is 4. The largest absolute Gasteiger partial charge is 0.490 e. The van der Waals surface area contributed by atoms with Gasteiger partial charge in [-0.15, -0.1) is 0 Å². The minimum absolute atomic E-state index is 0.0603. The van der Waals surface area contributed by atoms with E-state index < -0.39 is 0 Å². The van der Waals surface area contributed by atoms with Gasteiger partial charge in [0.2, 0.25) is 0 Å². The standard InChI is InChI=1S/C22H26BrNO4/c1-4-27-21(25)12-13-24(15-17-8-6-5-7-9-17)22(26)19-14-18(23)10-11-20(19)28-16(2)3/h5-11,14,16H,4,12-13,15H2,1-3H3. The van der Waals surface area contributed by atoms with E-state index in [-0.39, 0.29) is 30.9 Å². The van der Waals surface area contributed by atoms with Crippen LogP contribution in [0.25, 0.3) is 0 Å². The first-order chi connectivity index (χ1) is 13.4. The summed E-state index contributed by atoms with van der Waals surface area (Å²) in [4.78, 5) is 26.8. The Morgan fingerprint density at radius 3 is 2.46 bits per heavy atom.